The molecule has 4 heteroatoms. The van der Waals surface area contributed by atoms with E-state index >= 15 is 0 Å². The SMILES string of the molecule is Cc1cccc(C(=O)NCC2CCSC2)c1N. The maximum absolute atomic E-state index is 12.0. The van der Waals surface area contributed by atoms with Gasteiger partial charge in [-0.3, -0.25) is 4.79 Å². The lowest BCUT2D eigenvalue weighted by atomic mass is 10.1. The summed E-state index contributed by atoms with van der Waals surface area (Å²) in [5, 5.41) is 2.98. The van der Waals surface area contributed by atoms with Gasteiger partial charge in [0.2, 0.25) is 0 Å². The van der Waals surface area contributed by atoms with Crippen LogP contribution >= 0.6 is 11.8 Å². The molecule has 1 fully saturated rings. The number of nitrogens with one attached hydrogen (secondary N) is 1. The number of nitrogen functional groups attached to an aromatic ring is 1. The highest BCUT2D eigenvalue weighted by molar-refractivity contribution is 7.99. The normalized spacial score (nSPS) is 19.2. The standard InChI is InChI=1S/C13H18N2OS/c1-9-3-2-4-11(12(9)14)13(16)15-7-10-5-6-17-8-10/h2-4,10H,5-8,14H2,1H3,(H,15,16). The first-order valence-corrected chi connectivity index (χ1v) is 7.05. The van der Waals surface area contributed by atoms with E-state index in [0.717, 1.165) is 17.9 Å². The van der Waals surface area contributed by atoms with Gasteiger partial charge in [-0.25, -0.2) is 0 Å². The third-order valence-corrected chi connectivity index (χ3v) is 4.38. The first-order chi connectivity index (χ1) is 8.18. The molecular weight excluding hydrogens is 232 g/mol. The average molecular weight is 250 g/mol. The second-order valence-electron chi connectivity index (χ2n) is 4.48. The summed E-state index contributed by atoms with van der Waals surface area (Å²) in [6, 6.07) is 5.56. The lowest BCUT2D eigenvalue weighted by Crippen LogP contribution is -2.29. The molecule has 0 spiro atoms. The fourth-order valence-corrected chi connectivity index (χ4v) is 3.24. The van der Waals surface area contributed by atoms with Gasteiger partial charge < -0.3 is 11.1 Å². The molecule has 0 radical (unpaired) electrons. The minimum atomic E-state index is -0.0527. The van der Waals surface area contributed by atoms with Gasteiger partial charge in [-0.2, -0.15) is 11.8 Å². The van der Waals surface area contributed by atoms with Gasteiger partial charge in [-0.05, 0) is 42.4 Å². The molecule has 3 nitrogen and oxygen atoms in total. The van der Waals surface area contributed by atoms with E-state index in [4.69, 9.17) is 5.73 Å². The van der Waals surface area contributed by atoms with E-state index in [1.165, 1.54) is 12.2 Å². The Balaban J connectivity index is 1.97. The van der Waals surface area contributed by atoms with Crippen molar-refractivity contribution in [3.63, 3.8) is 0 Å². The van der Waals surface area contributed by atoms with Crippen LogP contribution < -0.4 is 11.1 Å². The Kier molecular flexibility index (Phi) is 3.94. The molecule has 0 aromatic heterocycles. The zero-order valence-electron chi connectivity index (χ0n) is 10.0. The third kappa shape index (κ3) is 2.94. The summed E-state index contributed by atoms with van der Waals surface area (Å²) < 4.78 is 0. The number of carbonyl (C=O) groups is 1. The Bertz CT molecular complexity index is 414. The van der Waals surface area contributed by atoms with Gasteiger partial charge in [0.15, 0.2) is 0 Å². The van der Waals surface area contributed by atoms with E-state index in [-0.39, 0.29) is 5.91 Å². The summed E-state index contributed by atoms with van der Waals surface area (Å²) in [6.45, 7) is 2.68. The molecule has 1 unspecified atom stereocenters. The van der Waals surface area contributed by atoms with Crippen molar-refractivity contribution in [1.82, 2.24) is 5.32 Å². The van der Waals surface area contributed by atoms with Crippen molar-refractivity contribution in [3.05, 3.63) is 29.3 Å². The summed E-state index contributed by atoms with van der Waals surface area (Å²) >= 11 is 1.96. The van der Waals surface area contributed by atoms with Crippen LogP contribution in [-0.4, -0.2) is 24.0 Å². The third-order valence-electron chi connectivity index (χ3n) is 3.14. The van der Waals surface area contributed by atoms with Gasteiger partial charge in [0, 0.05) is 12.2 Å². The molecule has 1 heterocycles. The zero-order valence-corrected chi connectivity index (χ0v) is 10.8. The van der Waals surface area contributed by atoms with Gasteiger partial charge in [0.05, 0.1) is 5.56 Å². The van der Waals surface area contributed by atoms with Crippen molar-refractivity contribution >= 4 is 23.4 Å². The van der Waals surface area contributed by atoms with Gasteiger partial charge in [-0.1, -0.05) is 12.1 Å². The number of benzene rings is 1. The van der Waals surface area contributed by atoms with Crippen LogP contribution in [0, 0.1) is 12.8 Å². The minimum Gasteiger partial charge on any atom is -0.398 e. The van der Waals surface area contributed by atoms with Crippen LogP contribution in [0.5, 0.6) is 0 Å². The highest BCUT2D eigenvalue weighted by Crippen LogP contribution is 2.23. The molecule has 17 heavy (non-hydrogen) atoms. The number of hydrogen-bond donors (Lipinski definition) is 2. The molecule has 92 valence electrons. The number of nitrogens with two attached hydrogens (primary N) is 1. The molecule has 1 atom stereocenters. The van der Waals surface area contributed by atoms with E-state index < -0.39 is 0 Å². The Labute approximate surface area is 106 Å². The first kappa shape index (κ1) is 12.3. The summed E-state index contributed by atoms with van der Waals surface area (Å²) in [6.07, 6.45) is 1.20. The predicted octanol–water partition coefficient (Wildman–Crippen LogP) is 2.06. The van der Waals surface area contributed by atoms with Crippen molar-refractivity contribution in [1.29, 1.82) is 0 Å². The summed E-state index contributed by atoms with van der Waals surface area (Å²) in [5.41, 5.74) is 8.04. The van der Waals surface area contributed by atoms with Crippen LogP contribution in [0.4, 0.5) is 5.69 Å². The van der Waals surface area contributed by atoms with Crippen LogP contribution in [0.25, 0.3) is 0 Å². The number of thioether (sulfide) groups is 1. The Morgan fingerprint density at radius 3 is 3.12 bits per heavy atom. The van der Waals surface area contributed by atoms with Crippen molar-refractivity contribution < 1.29 is 4.79 Å². The first-order valence-electron chi connectivity index (χ1n) is 5.89. The largest absolute Gasteiger partial charge is 0.398 e. The van der Waals surface area contributed by atoms with Gasteiger partial charge in [0.1, 0.15) is 0 Å². The van der Waals surface area contributed by atoms with Gasteiger partial charge >= 0.3 is 0 Å². The molecule has 0 bridgehead atoms. The fourth-order valence-electron chi connectivity index (χ4n) is 1.96. The summed E-state index contributed by atoms with van der Waals surface area (Å²) in [7, 11) is 0. The average Bonchev–Trinajstić information content (AvgIpc) is 2.82. The Morgan fingerprint density at radius 1 is 1.59 bits per heavy atom. The molecule has 1 aliphatic heterocycles. The van der Waals surface area contributed by atoms with Gasteiger partial charge in [-0.15, -0.1) is 0 Å². The fraction of sp³-hybridized carbons (Fsp3) is 0.462. The molecular formula is C13H18N2OS. The quantitative estimate of drug-likeness (QED) is 0.807. The monoisotopic (exact) mass is 250 g/mol. The number of para-hydroxylation sites is 1. The number of anilines is 1. The van der Waals surface area contributed by atoms with E-state index in [1.807, 2.05) is 30.8 Å². The predicted molar refractivity (Wildman–Crippen MR) is 73.4 cm³/mol. The molecule has 1 saturated heterocycles. The Morgan fingerprint density at radius 2 is 2.41 bits per heavy atom. The number of amides is 1. The molecule has 1 aliphatic rings. The van der Waals surface area contributed by atoms with Crippen LogP contribution in [0.15, 0.2) is 18.2 Å². The number of carbonyl (C=O) groups excluding carboxylic acids is 1. The van der Waals surface area contributed by atoms with Crippen LogP contribution in [-0.2, 0) is 0 Å². The summed E-state index contributed by atoms with van der Waals surface area (Å²) in [5.74, 6) is 2.94. The van der Waals surface area contributed by atoms with Crippen molar-refractivity contribution in [2.45, 2.75) is 13.3 Å². The zero-order chi connectivity index (χ0) is 12.3. The number of aryl methyl sites for hydroxylation is 1. The molecule has 2 rings (SSSR count). The lowest BCUT2D eigenvalue weighted by molar-refractivity contribution is 0.0949. The highest BCUT2D eigenvalue weighted by Gasteiger charge is 2.17. The summed E-state index contributed by atoms with van der Waals surface area (Å²) in [4.78, 5) is 12.0. The van der Waals surface area contributed by atoms with Crippen molar-refractivity contribution in [2.75, 3.05) is 23.8 Å². The lowest BCUT2D eigenvalue weighted by Gasteiger charge is -2.12. The van der Waals surface area contributed by atoms with Crippen molar-refractivity contribution in [2.24, 2.45) is 5.92 Å². The van der Waals surface area contributed by atoms with E-state index in [1.54, 1.807) is 6.07 Å². The second-order valence-corrected chi connectivity index (χ2v) is 5.63. The van der Waals surface area contributed by atoms with E-state index in [0.29, 0.717) is 17.2 Å². The molecule has 3 N–H and O–H groups in total. The Hall–Kier alpha value is -1.16. The highest BCUT2D eigenvalue weighted by atomic mass is 32.2. The van der Waals surface area contributed by atoms with E-state index in [9.17, 15) is 4.79 Å². The van der Waals surface area contributed by atoms with Gasteiger partial charge in [0.25, 0.3) is 5.91 Å². The second kappa shape index (κ2) is 5.45. The molecule has 1 aromatic rings. The molecule has 1 aromatic carbocycles. The van der Waals surface area contributed by atoms with Crippen molar-refractivity contribution in [3.8, 4) is 0 Å². The number of hydrogen-bond acceptors (Lipinski definition) is 3. The number of rotatable bonds is 3. The maximum Gasteiger partial charge on any atom is 0.253 e. The smallest absolute Gasteiger partial charge is 0.253 e. The molecule has 1 amide bonds. The van der Waals surface area contributed by atoms with Crippen LogP contribution in [0.2, 0.25) is 0 Å². The van der Waals surface area contributed by atoms with E-state index in [2.05, 4.69) is 5.32 Å². The molecule has 0 saturated carbocycles. The van der Waals surface area contributed by atoms with Crippen LogP contribution in [0.3, 0.4) is 0 Å². The topological polar surface area (TPSA) is 55.1 Å². The maximum atomic E-state index is 12.0. The van der Waals surface area contributed by atoms with Crippen LogP contribution in [0.1, 0.15) is 22.3 Å². The molecule has 0 aliphatic carbocycles. The minimum absolute atomic E-state index is 0.0527.